The molecular weight excluding hydrogens is 254 g/mol. The topological polar surface area (TPSA) is 47.0 Å². The van der Waals surface area contributed by atoms with Crippen molar-refractivity contribution in [2.75, 3.05) is 0 Å². The highest BCUT2D eigenvalue weighted by Gasteiger charge is 2.19. The first-order chi connectivity index (χ1) is 7.09. The lowest BCUT2D eigenvalue weighted by atomic mass is 10.2. The standard InChI is InChI=1S/C9H6ClNO2S2/c10-15(12,13)8-6-14-11-9(8)7-4-2-1-3-5-7/h1-6H. The number of hydrogen-bond donors (Lipinski definition) is 0. The Balaban J connectivity index is 2.61. The first-order valence-electron chi connectivity index (χ1n) is 4.03. The summed E-state index contributed by atoms with van der Waals surface area (Å²) in [6.07, 6.45) is 0. The minimum Gasteiger partial charge on any atom is -0.207 e. The highest BCUT2D eigenvalue weighted by Crippen LogP contribution is 2.29. The summed E-state index contributed by atoms with van der Waals surface area (Å²) < 4.78 is 26.5. The van der Waals surface area contributed by atoms with Crippen LogP contribution in [0.5, 0.6) is 0 Å². The number of halogens is 1. The Hall–Kier alpha value is -0.910. The van der Waals surface area contributed by atoms with Crippen molar-refractivity contribution in [1.82, 2.24) is 4.37 Å². The third-order valence-corrected chi connectivity index (χ3v) is 3.96. The number of rotatable bonds is 2. The van der Waals surface area contributed by atoms with Crippen molar-refractivity contribution in [3.8, 4) is 11.3 Å². The first-order valence-corrected chi connectivity index (χ1v) is 7.18. The minimum atomic E-state index is -3.72. The second kappa shape index (κ2) is 3.92. The molecule has 0 aliphatic heterocycles. The molecule has 0 saturated heterocycles. The lowest BCUT2D eigenvalue weighted by molar-refractivity contribution is 0.610. The van der Waals surface area contributed by atoms with Gasteiger partial charge < -0.3 is 0 Å². The van der Waals surface area contributed by atoms with Gasteiger partial charge in [-0.05, 0) is 11.5 Å². The molecule has 2 aromatic rings. The third kappa shape index (κ3) is 2.19. The molecule has 2 rings (SSSR count). The number of benzene rings is 1. The maximum absolute atomic E-state index is 11.2. The molecule has 6 heteroatoms. The van der Waals surface area contributed by atoms with Crippen LogP contribution < -0.4 is 0 Å². The second-order valence-electron chi connectivity index (χ2n) is 2.83. The van der Waals surface area contributed by atoms with E-state index in [1.807, 2.05) is 18.2 Å². The Labute approximate surface area is 95.9 Å². The van der Waals surface area contributed by atoms with E-state index in [0.29, 0.717) is 5.69 Å². The predicted octanol–water partition coefficient (Wildman–Crippen LogP) is 2.74. The molecule has 0 amide bonds. The molecule has 1 aromatic carbocycles. The summed E-state index contributed by atoms with van der Waals surface area (Å²) in [6, 6.07) is 9.07. The molecule has 78 valence electrons. The van der Waals surface area contributed by atoms with Gasteiger partial charge in [0.2, 0.25) is 0 Å². The predicted molar refractivity (Wildman–Crippen MR) is 60.6 cm³/mol. The summed E-state index contributed by atoms with van der Waals surface area (Å²) in [4.78, 5) is 0.0698. The van der Waals surface area contributed by atoms with E-state index < -0.39 is 9.05 Å². The van der Waals surface area contributed by atoms with Crippen LogP contribution in [-0.4, -0.2) is 12.8 Å². The molecule has 0 radical (unpaired) electrons. The molecule has 0 unspecified atom stereocenters. The smallest absolute Gasteiger partial charge is 0.207 e. The quantitative estimate of drug-likeness (QED) is 0.779. The highest BCUT2D eigenvalue weighted by molar-refractivity contribution is 8.14. The van der Waals surface area contributed by atoms with Crippen LogP contribution in [0.25, 0.3) is 11.3 Å². The van der Waals surface area contributed by atoms with Gasteiger partial charge in [-0.25, -0.2) is 8.42 Å². The Bertz CT molecular complexity index is 563. The highest BCUT2D eigenvalue weighted by atomic mass is 35.7. The Morgan fingerprint density at radius 3 is 2.47 bits per heavy atom. The molecular formula is C9H6ClNO2S2. The fourth-order valence-electron chi connectivity index (χ4n) is 1.19. The monoisotopic (exact) mass is 259 g/mol. The van der Waals surface area contributed by atoms with Crippen LogP contribution >= 0.6 is 22.2 Å². The molecule has 0 fully saturated rings. The molecule has 0 spiro atoms. The largest absolute Gasteiger partial charge is 0.264 e. The molecule has 0 bridgehead atoms. The fraction of sp³-hybridized carbons (Fsp3) is 0. The molecule has 1 heterocycles. The van der Waals surface area contributed by atoms with Crippen molar-refractivity contribution < 1.29 is 8.42 Å². The summed E-state index contributed by atoms with van der Waals surface area (Å²) in [5.74, 6) is 0. The van der Waals surface area contributed by atoms with Crippen LogP contribution in [0.3, 0.4) is 0 Å². The maximum atomic E-state index is 11.2. The van der Waals surface area contributed by atoms with E-state index in [1.54, 1.807) is 12.1 Å². The van der Waals surface area contributed by atoms with E-state index in [2.05, 4.69) is 4.37 Å². The van der Waals surface area contributed by atoms with Crippen LogP contribution in [0.15, 0.2) is 40.6 Å². The Kier molecular flexibility index (Phi) is 2.77. The van der Waals surface area contributed by atoms with Gasteiger partial charge in [0.1, 0.15) is 10.6 Å². The molecule has 0 atom stereocenters. The van der Waals surface area contributed by atoms with Crippen molar-refractivity contribution >= 4 is 31.3 Å². The third-order valence-electron chi connectivity index (χ3n) is 1.85. The van der Waals surface area contributed by atoms with Crippen molar-refractivity contribution in [2.45, 2.75) is 4.90 Å². The Morgan fingerprint density at radius 1 is 1.20 bits per heavy atom. The zero-order chi connectivity index (χ0) is 10.9. The lowest BCUT2D eigenvalue weighted by Gasteiger charge is -1.98. The summed E-state index contributed by atoms with van der Waals surface area (Å²) >= 11 is 1.07. The van der Waals surface area contributed by atoms with E-state index in [1.165, 1.54) is 5.38 Å². The number of hydrogen-bond acceptors (Lipinski definition) is 4. The van der Waals surface area contributed by atoms with Crippen LogP contribution in [0.4, 0.5) is 0 Å². The average molecular weight is 260 g/mol. The van der Waals surface area contributed by atoms with Gasteiger partial charge in [-0.2, -0.15) is 4.37 Å². The Morgan fingerprint density at radius 2 is 1.87 bits per heavy atom. The molecule has 0 saturated carbocycles. The molecule has 0 N–H and O–H groups in total. The van der Waals surface area contributed by atoms with Gasteiger partial charge in [-0.15, -0.1) is 0 Å². The summed E-state index contributed by atoms with van der Waals surface area (Å²) in [6.45, 7) is 0. The van der Waals surface area contributed by atoms with Crippen molar-refractivity contribution in [1.29, 1.82) is 0 Å². The van der Waals surface area contributed by atoms with Gasteiger partial charge in [0.15, 0.2) is 0 Å². The summed E-state index contributed by atoms with van der Waals surface area (Å²) in [5.41, 5.74) is 1.16. The molecule has 1 aromatic heterocycles. The van der Waals surface area contributed by atoms with Crippen molar-refractivity contribution in [3.05, 3.63) is 35.7 Å². The molecule has 0 aliphatic rings. The SMILES string of the molecule is O=S(=O)(Cl)c1csnc1-c1ccccc1. The van der Waals surface area contributed by atoms with Gasteiger partial charge in [0.05, 0.1) is 0 Å². The normalized spacial score (nSPS) is 11.5. The van der Waals surface area contributed by atoms with E-state index >= 15 is 0 Å². The first kappa shape index (κ1) is 10.6. The number of aromatic nitrogens is 1. The van der Waals surface area contributed by atoms with Gasteiger partial charge in [-0.3, -0.25) is 0 Å². The average Bonchev–Trinajstić information content (AvgIpc) is 2.67. The van der Waals surface area contributed by atoms with E-state index in [0.717, 1.165) is 17.1 Å². The minimum absolute atomic E-state index is 0.0698. The molecule has 15 heavy (non-hydrogen) atoms. The summed E-state index contributed by atoms with van der Waals surface area (Å²) in [7, 11) is 1.58. The van der Waals surface area contributed by atoms with E-state index in [4.69, 9.17) is 10.7 Å². The van der Waals surface area contributed by atoms with Gasteiger partial charge >= 0.3 is 0 Å². The van der Waals surface area contributed by atoms with Crippen LogP contribution in [0.2, 0.25) is 0 Å². The van der Waals surface area contributed by atoms with Gasteiger partial charge in [-0.1, -0.05) is 30.3 Å². The maximum Gasteiger partial charge on any atom is 0.264 e. The second-order valence-corrected chi connectivity index (χ2v) is 5.99. The van der Waals surface area contributed by atoms with Crippen molar-refractivity contribution in [3.63, 3.8) is 0 Å². The molecule has 0 aliphatic carbocycles. The van der Waals surface area contributed by atoms with E-state index in [9.17, 15) is 8.42 Å². The lowest BCUT2D eigenvalue weighted by Crippen LogP contribution is -1.91. The van der Waals surface area contributed by atoms with Crippen LogP contribution in [0, 0.1) is 0 Å². The zero-order valence-corrected chi connectivity index (χ0v) is 9.81. The van der Waals surface area contributed by atoms with E-state index in [-0.39, 0.29) is 4.90 Å². The number of nitrogens with zero attached hydrogens (tertiary/aromatic N) is 1. The molecule has 3 nitrogen and oxygen atoms in total. The fourth-order valence-corrected chi connectivity index (χ4v) is 3.35. The van der Waals surface area contributed by atoms with Gasteiger partial charge in [0, 0.05) is 21.6 Å². The van der Waals surface area contributed by atoms with Crippen LogP contribution in [0.1, 0.15) is 0 Å². The van der Waals surface area contributed by atoms with Crippen molar-refractivity contribution in [2.24, 2.45) is 0 Å². The zero-order valence-electron chi connectivity index (χ0n) is 7.42. The van der Waals surface area contributed by atoms with Gasteiger partial charge in [0.25, 0.3) is 9.05 Å². The summed E-state index contributed by atoms with van der Waals surface area (Å²) in [5, 5.41) is 1.44. The van der Waals surface area contributed by atoms with Crippen LogP contribution in [-0.2, 0) is 9.05 Å².